The third kappa shape index (κ3) is 4.69. The van der Waals surface area contributed by atoms with Gasteiger partial charge in [-0.2, -0.15) is 0 Å². The van der Waals surface area contributed by atoms with E-state index in [1.165, 1.54) is 5.56 Å². The fraction of sp³-hybridized carbons (Fsp3) is 0.522. The van der Waals surface area contributed by atoms with Gasteiger partial charge in [-0.15, -0.1) is 0 Å². The number of carbonyl (C=O) groups is 1. The summed E-state index contributed by atoms with van der Waals surface area (Å²) in [5.74, 6) is 0.233. The van der Waals surface area contributed by atoms with Gasteiger partial charge in [0.1, 0.15) is 0 Å². The number of aryl methyl sites for hydroxylation is 2. The summed E-state index contributed by atoms with van der Waals surface area (Å²) in [6.07, 6.45) is 2.24. The number of nitrogens with one attached hydrogen (secondary N) is 1. The SMILES string of the molecule is Cc1ccc(-n2c(C)cc(C(=O)CN3CCC(NC(C)C)CC3)c2C)cc1. The lowest BCUT2D eigenvalue weighted by Crippen LogP contribution is -2.46. The van der Waals surface area contributed by atoms with Crippen LogP contribution in [0.2, 0.25) is 0 Å². The van der Waals surface area contributed by atoms with Crippen LogP contribution in [0.3, 0.4) is 0 Å². The second kappa shape index (κ2) is 8.41. The standard InChI is InChI=1S/C23H33N3O/c1-16(2)24-20-10-12-25(13-11-20)15-23(27)22-14-18(4)26(19(22)5)21-8-6-17(3)7-9-21/h6-9,14,16,20,24H,10-13,15H2,1-5H3. The molecule has 4 heteroatoms. The van der Waals surface area contributed by atoms with Crippen LogP contribution in [0.25, 0.3) is 5.69 Å². The number of hydrogen-bond donors (Lipinski definition) is 1. The number of benzene rings is 1. The zero-order valence-electron chi connectivity index (χ0n) is 17.4. The number of carbonyl (C=O) groups excluding carboxylic acids is 1. The third-order valence-corrected chi connectivity index (χ3v) is 5.55. The van der Waals surface area contributed by atoms with Gasteiger partial charge in [-0.3, -0.25) is 9.69 Å². The van der Waals surface area contributed by atoms with Crippen LogP contribution < -0.4 is 5.32 Å². The summed E-state index contributed by atoms with van der Waals surface area (Å²) >= 11 is 0. The van der Waals surface area contributed by atoms with Crippen LogP contribution in [0.4, 0.5) is 0 Å². The van der Waals surface area contributed by atoms with Gasteiger partial charge in [0.2, 0.25) is 0 Å². The van der Waals surface area contributed by atoms with Crippen molar-refractivity contribution in [3.63, 3.8) is 0 Å². The normalized spacial score (nSPS) is 16.2. The lowest BCUT2D eigenvalue weighted by Gasteiger charge is -2.33. The van der Waals surface area contributed by atoms with Crippen molar-refractivity contribution in [2.45, 2.75) is 59.5 Å². The van der Waals surface area contributed by atoms with Crippen LogP contribution in [0, 0.1) is 20.8 Å². The van der Waals surface area contributed by atoms with Gasteiger partial charge >= 0.3 is 0 Å². The van der Waals surface area contributed by atoms with E-state index in [9.17, 15) is 4.79 Å². The first-order chi connectivity index (χ1) is 12.8. The molecule has 1 aliphatic heterocycles. The monoisotopic (exact) mass is 367 g/mol. The van der Waals surface area contributed by atoms with Gasteiger partial charge in [-0.25, -0.2) is 0 Å². The van der Waals surface area contributed by atoms with E-state index in [2.05, 4.69) is 73.7 Å². The predicted octanol–water partition coefficient (Wildman–Crippen LogP) is 4.05. The fourth-order valence-electron chi connectivity index (χ4n) is 4.15. The Kier molecular flexibility index (Phi) is 6.18. The van der Waals surface area contributed by atoms with Crippen LogP contribution in [0.1, 0.15) is 54.0 Å². The van der Waals surface area contributed by atoms with Gasteiger partial charge < -0.3 is 9.88 Å². The van der Waals surface area contributed by atoms with Crippen LogP contribution >= 0.6 is 0 Å². The summed E-state index contributed by atoms with van der Waals surface area (Å²) in [6, 6.07) is 11.6. The molecule has 1 aromatic heterocycles. The van der Waals surface area contributed by atoms with E-state index >= 15 is 0 Å². The maximum Gasteiger partial charge on any atom is 0.178 e. The van der Waals surface area contributed by atoms with E-state index in [0.29, 0.717) is 18.6 Å². The third-order valence-electron chi connectivity index (χ3n) is 5.55. The lowest BCUT2D eigenvalue weighted by atomic mass is 10.0. The quantitative estimate of drug-likeness (QED) is 0.783. The Hall–Kier alpha value is -1.91. The van der Waals surface area contributed by atoms with Crippen molar-refractivity contribution in [3.05, 3.63) is 52.8 Å². The summed E-state index contributed by atoms with van der Waals surface area (Å²) < 4.78 is 2.19. The first-order valence-corrected chi connectivity index (χ1v) is 10.1. The zero-order valence-corrected chi connectivity index (χ0v) is 17.4. The molecule has 1 aromatic carbocycles. The molecule has 0 unspecified atom stereocenters. The van der Waals surface area contributed by atoms with Crippen LogP contribution in [0.5, 0.6) is 0 Å². The number of Topliss-reactive ketones (excluding diaryl/α,β-unsaturated/α-hetero) is 1. The molecule has 3 rings (SSSR count). The number of rotatable bonds is 6. The van der Waals surface area contributed by atoms with Crippen LogP contribution in [-0.4, -0.2) is 47.0 Å². The smallest absolute Gasteiger partial charge is 0.178 e. The number of piperidine rings is 1. The Balaban J connectivity index is 1.68. The minimum absolute atomic E-state index is 0.233. The molecule has 0 radical (unpaired) electrons. The molecular weight excluding hydrogens is 334 g/mol. The molecule has 1 N–H and O–H groups in total. The molecule has 4 nitrogen and oxygen atoms in total. The van der Waals surface area contributed by atoms with E-state index in [1.807, 2.05) is 6.07 Å². The van der Waals surface area contributed by atoms with Crippen molar-refractivity contribution < 1.29 is 4.79 Å². The molecule has 0 aliphatic carbocycles. The second-order valence-electron chi connectivity index (χ2n) is 8.25. The number of aromatic nitrogens is 1. The molecule has 0 spiro atoms. The topological polar surface area (TPSA) is 37.3 Å². The summed E-state index contributed by atoms with van der Waals surface area (Å²) in [5, 5.41) is 3.61. The highest BCUT2D eigenvalue weighted by Crippen LogP contribution is 2.22. The maximum absolute atomic E-state index is 13.0. The molecule has 0 amide bonds. The second-order valence-corrected chi connectivity index (χ2v) is 8.25. The first kappa shape index (κ1) is 19.8. The minimum atomic E-state index is 0.233. The Morgan fingerprint density at radius 3 is 2.33 bits per heavy atom. The maximum atomic E-state index is 13.0. The van der Waals surface area contributed by atoms with E-state index in [-0.39, 0.29) is 5.78 Å². The molecule has 0 bridgehead atoms. The molecular formula is C23H33N3O. The van der Waals surface area contributed by atoms with Crippen molar-refractivity contribution in [2.75, 3.05) is 19.6 Å². The fourth-order valence-corrected chi connectivity index (χ4v) is 4.15. The Labute approximate surface area is 163 Å². The predicted molar refractivity (Wildman–Crippen MR) is 112 cm³/mol. The van der Waals surface area contributed by atoms with Crippen molar-refractivity contribution >= 4 is 5.78 Å². The molecule has 1 aliphatic rings. The molecule has 1 saturated heterocycles. The largest absolute Gasteiger partial charge is 0.318 e. The molecule has 27 heavy (non-hydrogen) atoms. The van der Waals surface area contributed by atoms with E-state index in [1.54, 1.807) is 0 Å². The summed E-state index contributed by atoms with van der Waals surface area (Å²) in [4.78, 5) is 15.3. The van der Waals surface area contributed by atoms with Gasteiger partial charge in [-0.05, 0) is 51.8 Å². The Morgan fingerprint density at radius 2 is 1.74 bits per heavy atom. The minimum Gasteiger partial charge on any atom is -0.318 e. The molecule has 2 heterocycles. The molecule has 0 atom stereocenters. The Morgan fingerprint density at radius 1 is 1.11 bits per heavy atom. The van der Waals surface area contributed by atoms with Crippen molar-refractivity contribution in [1.82, 2.24) is 14.8 Å². The average molecular weight is 368 g/mol. The summed E-state index contributed by atoms with van der Waals surface area (Å²) in [5.41, 5.74) is 5.37. The van der Waals surface area contributed by atoms with E-state index < -0.39 is 0 Å². The van der Waals surface area contributed by atoms with Crippen molar-refractivity contribution in [3.8, 4) is 5.69 Å². The van der Waals surface area contributed by atoms with Crippen LogP contribution in [0.15, 0.2) is 30.3 Å². The number of likely N-dealkylation sites (tertiary alicyclic amines) is 1. The van der Waals surface area contributed by atoms with Crippen molar-refractivity contribution in [2.24, 2.45) is 0 Å². The van der Waals surface area contributed by atoms with E-state index in [0.717, 1.165) is 48.6 Å². The molecule has 146 valence electrons. The van der Waals surface area contributed by atoms with Gasteiger partial charge in [0.15, 0.2) is 5.78 Å². The molecule has 2 aromatic rings. The van der Waals surface area contributed by atoms with Gasteiger partial charge in [0.05, 0.1) is 6.54 Å². The van der Waals surface area contributed by atoms with Gasteiger partial charge in [0, 0.05) is 47.8 Å². The zero-order chi connectivity index (χ0) is 19.6. The Bertz CT molecular complexity index is 781. The van der Waals surface area contributed by atoms with Crippen LogP contribution in [-0.2, 0) is 0 Å². The van der Waals surface area contributed by atoms with Crippen molar-refractivity contribution in [1.29, 1.82) is 0 Å². The average Bonchev–Trinajstić information content (AvgIpc) is 2.92. The first-order valence-electron chi connectivity index (χ1n) is 10.1. The number of nitrogens with zero attached hydrogens (tertiary/aromatic N) is 2. The highest BCUT2D eigenvalue weighted by Gasteiger charge is 2.23. The highest BCUT2D eigenvalue weighted by atomic mass is 16.1. The van der Waals surface area contributed by atoms with E-state index in [4.69, 9.17) is 0 Å². The summed E-state index contributed by atoms with van der Waals surface area (Å²) in [7, 11) is 0. The van der Waals surface area contributed by atoms with Gasteiger partial charge in [-0.1, -0.05) is 31.5 Å². The summed E-state index contributed by atoms with van der Waals surface area (Å²) in [6.45, 7) is 13.1. The lowest BCUT2D eigenvalue weighted by molar-refractivity contribution is 0.0902. The highest BCUT2D eigenvalue weighted by molar-refractivity contribution is 5.99. The molecule has 1 fully saturated rings. The van der Waals surface area contributed by atoms with Gasteiger partial charge in [0.25, 0.3) is 0 Å². The number of hydrogen-bond acceptors (Lipinski definition) is 3. The number of ketones is 1. The molecule has 0 saturated carbocycles.